The van der Waals surface area contributed by atoms with Gasteiger partial charge in [0.25, 0.3) is 10.0 Å². The molecule has 1 aromatic carbocycles. The number of sulfonamides is 1. The number of hydrogen-bond donors (Lipinski definition) is 0. The number of nitrogens with zero attached hydrogens (tertiary/aromatic N) is 2. The molecule has 0 amide bonds. The van der Waals surface area contributed by atoms with Crippen LogP contribution in [0.25, 0.3) is 0 Å². The fourth-order valence-electron chi connectivity index (χ4n) is 3.99. The minimum absolute atomic E-state index is 0.0407. The Bertz CT molecular complexity index is 966. The lowest BCUT2D eigenvalue weighted by molar-refractivity contribution is -0.137. The van der Waals surface area contributed by atoms with E-state index in [0.29, 0.717) is 30.3 Å². The summed E-state index contributed by atoms with van der Waals surface area (Å²) in [4.78, 5) is 2.07. The van der Waals surface area contributed by atoms with Gasteiger partial charge in [0.05, 0.1) is 11.3 Å². The second-order valence-corrected chi connectivity index (χ2v) is 9.22. The molecular weight excluding hydrogens is 405 g/mol. The van der Waals surface area contributed by atoms with Crippen LogP contribution in [0.3, 0.4) is 0 Å². The predicted molar refractivity (Wildman–Crippen MR) is 103 cm³/mol. The van der Waals surface area contributed by atoms with Crippen LogP contribution < -0.4 is 4.74 Å². The van der Waals surface area contributed by atoms with E-state index in [1.165, 1.54) is 12.1 Å². The molecule has 3 aliphatic rings. The van der Waals surface area contributed by atoms with E-state index >= 15 is 0 Å². The fourth-order valence-corrected chi connectivity index (χ4v) is 5.07. The number of amidine groups is 1. The van der Waals surface area contributed by atoms with Gasteiger partial charge in [0.2, 0.25) is 0 Å². The van der Waals surface area contributed by atoms with Gasteiger partial charge in [-0.05, 0) is 61.6 Å². The molecule has 29 heavy (non-hydrogen) atoms. The van der Waals surface area contributed by atoms with Gasteiger partial charge in [0, 0.05) is 19.0 Å². The standard InChI is InChI=1S/C20H21F3N2O3S/c21-20(22,23)15-5-9-17(10-6-15)28-16-7-3-14(4-8-16)18-2-1-11-25-12-13-29(26,27)24-19(18)25/h3,5-10,14,18H,1-2,4,11-13H2. The average molecular weight is 426 g/mol. The molecule has 2 aliphatic heterocycles. The highest BCUT2D eigenvalue weighted by Crippen LogP contribution is 2.35. The van der Waals surface area contributed by atoms with E-state index in [1.807, 2.05) is 12.2 Å². The van der Waals surface area contributed by atoms with E-state index in [-0.39, 0.29) is 17.6 Å². The largest absolute Gasteiger partial charge is 0.458 e. The van der Waals surface area contributed by atoms with Gasteiger partial charge < -0.3 is 9.64 Å². The van der Waals surface area contributed by atoms with Crippen LogP contribution in [0.15, 0.2) is 52.7 Å². The van der Waals surface area contributed by atoms with Crippen LogP contribution in [0.1, 0.15) is 24.8 Å². The first-order chi connectivity index (χ1) is 13.7. The highest BCUT2D eigenvalue weighted by molar-refractivity contribution is 7.90. The van der Waals surface area contributed by atoms with Crippen molar-refractivity contribution < 1.29 is 26.3 Å². The molecule has 1 fully saturated rings. The molecule has 2 atom stereocenters. The Morgan fingerprint density at radius 2 is 1.90 bits per heavy atom. The third-order valence-electron chi connectivity index (χ3n) is 5.48. The van der Waals surface area contributed by atoms with Crippen molar-refractivity contribution in [3.63, 3.8) is 0 Å². The Hall–Kier alpha value is -2.29. The second-order valence-electron chi connectivity index (χ2n) is 7.46. The van der Waals surface area contributed by atoms with Crippen LogP contribution >= 0.6 is 0 Å². The summed E-state index contributed by atoms with van der Waals surface area (Å²) >= 11 is 0. The Morgan fingerprint density at radius 3 is 2.55 bits per heavy atom. The molecule has 0 radical (unpaired) electrons. The number of piperidine rings is 1. The van der Waals surface area contributed by atoms with Gasteiger partial charge in [-0.15, -0.1) is 0 Å². The Morgan fingerprint density at radius 1 is 1.14 bits per heavy atom. The Labute approximate surface area is 167 Å². The molecule has 2 heterocycles. The van der Waals surface area contributed by atoms with Crippen LogP contribution in [0.5, 0.6) is 5.75 Å². The summed E-state index contributed by atoms with van der Waals surface area (Å²) in [6.07, 6.45) is 3.82. The van der Waals surface area contributed by atoms with Crippen LogP contribution in [-0.2, 0) is 16.2 Å². The third kappa shape index (κ3) is 4.49. The van der Waals surface area contributed by atoms with Crippen LogP contribution in [0, 0.1) is 11.8 Å². The molecule has 0 bridgehead atoms. The smallest absolute Gasteiger partial charge is 0.416 e. The summed E-state index contributed by atoms with van der Waals surface area (Å²) in [5.41, 5.74) is -0.719. The maximum atomic E-state index is 12.7. The number of ether oxygens (including phenoxy) is 1. The van der Waals surface area contributed by atoms with Gasteiger partial charge in [-0.3, -0.25) is 0 Å². The molecule has 9 heteroatoms. The van der Waals surface area contributed by atoms with Gasteiger partial charge >= 0.3 is 6.18 Å². The minimum Gasteiger partial charge on any atom is -0.458 e. The van der Waals surface area contributed by atoms with Gasteiger partial charge in [0.15, 0.2) is 0 Å². The summed E-state index contributed by atoms with van der Waals surface area (Å²) in [5, 5.41) is 0. The summed E-state index contributed by atoms with van der Waals surface area (Å²) in [5.74, 6) is 1.78. The third-order valence-corrected chi connectivity index (χ3v) is 6.65. The minimum atomic E-state index is -4.38. The Balaban J connectivity index is 1.43. The topological polar surface area (TPSA) is 59.0 Å². The van der Waals surface area contributed by atoms with Crippen LogP contribution in [0.2, 0.25) is 0 Å². The zero-order chi connectivity index (χ0) is 20.6. The van der Waals surface area contributed by atoms with Crippen molar-refractivity contribution in [3.8, 4) is 5.75 Å². The normalized spacial score (nSPS) is 26.4. The van der Waals surface area contributed by atoms with Gasteiger partial charge in [0.1, 0.15) is 17.3 Å². The van der Waals surface area contributed by atoms with E-state index < -0.39 is 21.8 Å². The van der Waals surface area contributed by atoms with Crippen molar-refractivity contribution in [2.75, 3.05) is 18.8 Å². The van der Waals surface area contributed by atoms with E-state index in [2.05, 4.69) is 9.30 Å². The van der Waals surface area contributed by atoms with Gasteiger partial charge in [-0.2, -0.15) is 17.6 Å². The number of alkyl halides is 3. The predicted octanol–water partition coefficient (Wildman–Crippen LogP) is 4.00. The molecule has 0 aromatic heterocycles. The maximum Gasteiger partial charge on any atom is 0.416 e. The van der Waals surface area contributed by atoms with E-state index in [1.54, 1.807) is 6.08 Å². The second kappa shape index (κ2) is 7.51. The van der Waals surface area contributed by atoms with Crippen molar-refractivity contribution in [1.82, 2.24) is 4.90 Å². The quantitative estimate of drug-likeness (QED) is 0.733. The lowest BCUT2D eigenvalue weighted by atomic mass is 9.80. The zero-order valence-corrected chi connectivity index (χ0v) is 16.4. The Kier molecular flexibility index (Phi) is 5.18. The molecule has 0 spiro atoms. The van der Waals surface area contributed by atoms with Crippen LogP contribution in [0.4, 0.5) is 13.2 Å². The molecule has 5 nitrogen and oxygen atoms in total. The zero-order valence-electron chi connectivity index (χ0n) is 15.6. The first-order valence-electron chi connectivity index (χ1n) is 9.52. The summed E-state index contributed by atoms with van der Waals surface area (Å²) in [7, 11) is -3.39. The highest BCUT2D eigenvalue weighted by atomic mass is 32.2. The molecule has 1 aliphatic carbocycles. The lowest BCUT2D eigenvalue weighted by Gasteiger charge is -2.40. The molecule has 1 saturated heterocycles. The molecule has 0 N–H and O–H groups in total. The maximum absolute atomic E-state index is 12.7. The first-order valence-corrected chi connectivity index (χ1v) is 11.1. The number of benzene rings is 1. The van der Waals surface area contributed by atoms with Crippen LogP contribution in [-0.4, -0.2) is 38.0 Å². The van der Waals surface area contributed by atoms with Crippen molar-refractivity contribution in [1.29, 1.82) is 0 Å². The summed E-state index contributed by atoms with van der Waals surface area (Å²) in [6.45, 7) is 1.33. The lowest BCUT2D eigenvalue weighted by Crippen LogP contribution is -2.48. The number of fused-ring (bicyclic) bond motifs is 1. The number of rotatable bonds is 3. The molecule has 2 unspecified atom stereocenters. The summed E-state index contributed by atoms with van der Waals surface area (Å²) < 4.78 is 71.5. The van der Waals surface area contributed by atoms with E-state index in [9.17, 15) is 21.6 Å². The molecular formula is C20H21F3N2O3S. The number of halogens is 3. The number of allylic oxidation sites excluding steroid dienone is 3. The van der Waals surface area contributed by atoms with E-state index in [4.69, 9.17) is 4.74 Å². The van der Waals surface area contributed by atoms with Crippen molar-refractivity contribution >= 4 is 15.9 Å². The van der Waals surface area contributed by atoms with Gasteiger partial charge in [-0.1, -0.05) is 6.08 Å². The van der Waals surface area contributed by atoms with E-state index in [0.717, 1.165) is 31.5 Å². The van der Waals surface area contributed by atoms with Crippen molar-refractivity contribution in [2.45, 2.75) is 25.4 Å². The SMILES string of the molecule is O=S1(=O)CCN2CCCC(C3C=CC(Oc4ccc(C(F)(F)F)cc4)=CC3)C2=N1. The van der Waals surface area contributed by atoms with Crippen molar-refractivity contribution in [3.05, 3.63) is 53.8 Å². The number of hydrogen-bond acceptors (Lipinski definition) is 4. The molecule has 4 rings (SSSR count). The highest BCUT2D eigenvalue weighted by Gasteiger charge is 2.36. The van der Waals surface area contributed by atoms with Crippen molar-refractivity contribution in [2.24, 2.45) is 16.2 Å². The monoisotopic (exact) mass is 426 g/mol. The molecule has 1 aromatic rings. The fraction of sp³-hybridized carbons (Fsp3) is 0.450. The molecule has 156 valence electrons. The average Bonchev–Trinajstić information content (AvgIpc) is 2.67. The van der Waals surface area contributed by atoms with Gasteiger partial charge in [-0.25, -0.2) is 8.42 Å². The first kappa shape index (κ1) is 20.0. The summed E-state index contributed by atoms with van der Waals surface area (Å²) in [6, 6.07) is 4.57. The molecule has 0 saturated carbocycles.